The summed E-state index contributed by atoms with van der Waals surface area (Å²) in [5, 5.41) is 36.5. The van der Waals surface area contributed by atoms with E-state index in [1.165, 1.54) is 0 Å². The molecule has 0 fully saturated rings. The Bertz CT molecular complexity index is 126. The Kier molecular flexibility index (Phi) is 2.39. The van der Waals surface area contributed by atoms with Gasteiger partial charge in [0, 0.05) is 0 Å². The molecule has 60 valence electrons. The van der Waals surface area contributed by atoms with E-state index in [1.54, 1.807) is 0 Å². The first kappa shape index (κ1) is 9.38. The second kappa shape index (κ2) is 2.55. The lowest BCUT2D eigenvalue weighted by Gasteiger charge is -2.31. The topological polar surface area (TPSA) is 93.0 Å². The van der Waals surface area contributed by atoms with E-state index in [1.807, 2.05) is 5.32 Å². The molecule has 0 aromatic heterocycles. The van der Waals surface area contributed by atoms with E-state index in [-0.39, 0.29) is 0 Å². The molecule has 0 unspecified atom stereocenters. The summed E-state index contributed by atoms with van der Waals surface area (Å²) in [4.78, 5) is 0. The lowest BCUT2D eigenvalue weighted by Crippen LogP contribution is -2.60. The highest BCUT2D eigenvalue weighted by molar-refractivity contribution is 4.80. The Hall–Kier alpha value is -0.620. The summed E-state index contributed by atoms with van der Waals surface area (Å²) in [6, 6.07) is 0. The van der Waals surface area contributed by atoms with Gasteiger partial charge in [-0.2, -0.15) is 0 Å². The summed E-state index contributed by atoms with van der Waals surface area (Å²) in [6.07, 6.45) is 0.935. The van der Waals surface area contributed by atoms with Gasteiger partial charge in [-0.25, -0.2) is 0 Å². The van der Waals surface area contributed by atoms with Gasteiger partial charge in [-0.1, -0.05) is 6.58 Å². The number of nitrogens with one attached hydrogen (secondary N) is 1. The minimum atomic E-state index is -2.77. The van der Waals surface area contributed by atoms with Crippen LogP contribution in [0.15, 0.2) is 12.8 Å². The van der Waals surface area contributed by atoms with E-state index in [0.29, 0.717) is 0 Å². The lowest BCUT2D eigenvalue weighted by molar-refractivity contribution is -0.357. The first-order valence-corrected chi connectivity index (χ1v) is 2.59. The lowest BCUT2D eigenvalue weighted by atomic mass is 10.2. The molecule has 0 radical (unpaired) electrons. The Labute approximate surface area is 58.2 Å². The molecule has 5 nitrogen and oxygen atoms in total. The van der Waals surface area contributed by atoms with Crippen molar-refractivity contribution in [2.24, 2.45) is 0 Å². The van der Waals surface area contributed by atoms with Crippen molar-refractivity contribution < 1.29 is 20.4 Å². The molecule has 0 aliphatic rings. The molecule has 5 heteroatoms. The predicted molar refractivity (Wildman–Crippen MR) is 33.3 cm³/mol. The van der Waals surface area contributed by atoms with Crippen LogP contribution >= 0.6 is 0 Å². The molecule has 0 aromatic rings. The molecule has 10 heavy (non-hydrogen) atoms. The first-order chi connectivity index (χ1) is 4.31. The second-order valence-corrected chi connectivity index (χ2v) is 2.04. The average molecular weight is 149 g/mol. The highest BCUT2D eigenvalue weighted by Gasteiger charge is 2.42. The summed E-state index contributed by atoms with van der Waals surface area (Å²) < 4.78 is 0. The number of aliphatic hydroxyl groups is 4. The van der Waals surface area contributed by atoms with Crippen LogP contribution < -0.4 is 5.32 Å². The molecule has 0 bridgehead atoms. The van der Waals surface area contributed by atoms with Gasteiger partial charge < -0.3 is 25.7 Å². The summed E-state index contributed by atoms with van der Waals surface area (Å²) >= 11 is 0. The first-order valence-electron chi connectivity index (χ1n) is 2.59. The molecule has 0 rings (SSSR count). The Morgan fingerprint density at radius 2 is 1.70 bits per heavy atom. The molecular weight excluding hydrogens is 138 g/mol. The molecule has 0 saturated heterocycles. The van der Waals surface area contributed by atoms with Crippen LogP contribution in [0.25, 0.3) is 0 Å². The fourth-order valence-electron chi connectivity index (χ4n) is 0.279. The van der Waals surface area contributed by atoms with Crippen molar-refractivity contribution in [3.05, 3.63) is 12.8 Å². The molecule has 0 aliphatic carbocycles. The predicted octanol–water partition coefficient (Wildman–Crippen LogP) is -1.94. The molecule has 0 spiro atoms. The molecule has 0 atom stereocenters. The van der Waals surface area contributed by atoms with Crippen LogP contribution in [0.5, 0.6) is 0 Å². The van der Waals surface area contributed by atoms with Crippen LogP contribution in [0.2, 0.25) is 0 Å². The third kappa shape index (κ3) is 1.96. The van der Waals surface area contributed by atoms with Crippen molar-refractivity contribution in [2.75, 3.05) is 0 Å². The summed E-state index contributed by atoms with van der Waals surface area (Å²) in [6.45, 7) is 3.93. The Morgan fingerprint density at radius 1 is 1.30 bits per heavy atom. The van der Waals surface area contributed by atoms with Crippen molar-refractivity contribution in [3.63, 3.8) is 0 Å². The van der Waals surface area contributed by atoms with Gasteiger partial charge in [0.25, 0.3) is 5.91 Å². The average Bonchev–Trinajstić information content (AvgIpc) is 1.61. The maximum Gasteiger partial charge on any atom is 0.300 e. The van der Waals surface area contributed by atoms with Crippen LogP contribution in [-0.4, -0.2) is 32.1 Å². The van der Waals surface area contributed by atoms with Gasteiger partial charge in [0.05, 0.1) is 0 Å². The smallest absolute Gasteiger partial charge is 0.300 e. The Balaban J connectivity index is 4.23. The van der Waals surface area contributed by atoms with Gasteiger partial charge in [-0.15, -0.1) is 0 Å². The van der Waals surface area contributed by atoms with Crippen molar-refractivity contribution in [1.29, 1.82) is 0 Å². The van der Waals surface area contributed by atoms with E-state index in [9.17, 15) is 0 Å². The maximum atomic E-state index is 8.72. The van der Waals surface area contributed by atoms with Gasteiger partial charge in [0.1, 0.15) is 0 Å². The van der Waals surface area contributed by atoms with Crippen molar-refractivity contribution >= 4 is 0 Å². The third-order valence-electron chi connectivity index (χ3n) is 0.964. The minimum Gasteiger partial charge on any atom is -0.360 e. The Morgan fingerprint density at radius 3 is 1.80 bits per heavy atom. The summed E-state index contributed by atoms with van der Waals surface area (Å²) in [5.41, 5.74) is 0. The summed E-state index contributed by atoms with van der Waals surface area (Å²) in [5.74, 6) is -5.39. The zero-order chi connectivity index (χ0) is 8.41. The minimum absolute atomic E-state index is 0.823. The van der Waals surface area contributed by atoms with E-state index in [2.05, 4.69) is 6.58 Å². The van der Waals surface area contributed by atoms with Crippen molar-refractivity contribution in [3.8, 4) is 0 Å². The molecule has 0 aromatic carbocycles. The van der Waals surface area contributed by atoms with Gasteiger partial charge >= 0.3 is 0 Å². The molecular formula is C5H11NO4. The van der Waals surface area contributed by atoms with Crippen LogP contribution in [0.4, 0.5) is 0 Å². The monoisotopic (exact) mass is 149 g/mol. The van der Waals surface area contributed by atoms with Crippen molar-refractivity contribution in [1.82, 2.24) is 5.32 Å². The largest absolute Gasteiger partial charge is 0.360 e. The van der Waals surface area contributed by atoms with Crippen LogP contribution in [0, 0.1) is 0 Å². The molecule has 5 N–H and O–H groups in total. The van der Waals surface area contributed by atoms with Gasteiger partial charge in [0.15, 0.2) is 0 Å². The van der Waals surface area contributed by atoms with E-state index < -0.39 is 11.7 Å². The summed E-state index contributed by atoms with van der Waals surface area (Å²) in [7, 11) is 0. The van der Waals surface area contributed by atoms with Gasteiger partial charge in [0.2, 0.25) is 5.79 Å². The number of hydrogen-bond acceptors (Lipinski definition) is 5. The molecule has 0 amide bonds. The zero-order valence-corrected chi connectivity index (χ0v) is 5.57. The van der Waals surface area contributed by atoms with Gasteiger partial charge in [-0.05, 0) is 13.1 Å². The fourth-order valence-corrected chi connectivity index (χ4v) is 0.279. The quantitative estimate of drug-likeness (QED) is 0.301. The SMILES string of the molecule is C=CNC(O)(O)C(C)(O)O. The number of hydrogen-bond donors (Lipinski definition) is 5. The zero-order valence-electron chi connectivity index (χ0n) is 5.57. The van der Waals surface area contributed by atoms with Crippen molar-refractivity contribution in [2.45, 2.75) is 18.6 Å². The standard InChI is InChI=1S/C5H11NO4/c1-3-6-5(9,10)4(2,7)8/h3,6-10H,1H2,2H3. The van der Waals surface area contributed by atoms with E-state index in [4.69, 9.17) is 20.4 Å². The highest BCUT2D eigenvalue weighted by atomic mass is 16.6. The van der Waals surface area contributed by atoms with Crippen LogP contribution in [-0.2, 0) is 0 Å². The maximum absolute atomic E-state index is 8.72. The normalized spacial score (nSPS) is 12.9. The fraction of sp³-hybridized carbons (Fsp3) is 0.600. The number of rotatable bonds is 3. The second-order valence-electron chi connectivity index (χ2n) is 2.04. The van der Waals surface area contributed by atoms with Crippen LogP contribution in [0.1, 0.15) is 6.92 Å². The molecule has 0 heterocycles. The van der Waals surface area contributed by atoms with Crippen LogP contribution in [0.3, 0.4) is 0 Å². The molecule has 0 saturated carbocycles. The van der Waals surface area contributed by atoms with E-state index >= 15 is 0 Å². The van der Waals surface area contributed by atoms with Gasteiger partial charge in [-0.3, -0.25) is 0 Å². The highest BCUT2D eigenvalue weighted by Crippen LogP contribution is 2.11. The molecule has 0 aliphatic heterocycles. The van der Waals surface area contributed by atoms with E-state index in [0.717, 1.165) is 13.1 Å². The third-order valence-corrected chi connectivity index (χ3v) is 0.964.